The Morgan fingerprint density at radius 3 is 2.53 bits per heavy atom. The van der Waals surface area contributed by atoms with E-state index in [4.69, 9.17) is 38.1 Å². The molecule has 2 fully saturated rings. The number of nitrogen functional groups attached to an aromatic ring is 1. The molecule has 16 nitrogen and oxygen atoms in total. The monoisotopic (exact) mass is 544 g/mol. The largest absolute Gasteiger partial charge is 0.389 e. The van der Waals surface area contributed by atoms with E-state index in [1.807, 2.05) is 0 Å². The quantitative estimate of drug-likeness (QED) is 0.123. The lowest BCUT2D eigenvalue weighted by atomic mass is 9.84. The number of hydrogen-bond acceptors (Lipinski definition) is 14. The predicted octanol–water partition coefficient (Wildman–Crippen LogP) is -5.62. The second-order valence-electron chi connectivity index (χ2n) is 9.92. The maximum Gasteiger partial charge on any atom is 0.349 e. The summed E-state index contributed by atoms with van der Waals surface area (Å²) in [5.41, 5.74) is 28.7. The topological polar surface area (TPSA) is 293 Å². The van der Waals surface area contributed by atoms with Gasteiger partial charge in [-0.3, -0.25) is 9.36 Å². The Hall–Kier alpha value is -2.25. The first-order chi connectivity index (χ1) is 17.9. The van der Waals surface area contributed by atoms with Crippen LogP contribution in [0.5, 0.6) is 0 Å². The zero-order valence-corrected chi connectivity index (χ0v) is 21.0. The number of carbonyl (C=O) groups is 1. The van der Waals surface area contributed by atoms with Gasteiger partial charge in [0.25, 0.3) is 0 Å². The Morgan fingerprint density at radius 2 is 1.84 bits per heavy atom. The lowest BCUT2D eigenvalue weighted by molar-refractivity contribution is -0.288. The third kappa shape index (κ3) is 7.23. The second kappa shape index (κ2) is 13.2. The summed E-state index contributed by atoms with van der Waals surface area (Å²) in [6, 6.07) is -2.02. The summed E-state index contributed by atoms with van der Waals surface area (Å²) < 4.78 is 12.8. The molecule has 1 aromatic rings. The predicted molar refractivity (Wildman–Crippen MR) is 134 cm³/mol. The van der Waals surface area contributed by atoms with Gasteiger partial charge in [-0.15, -0.1) is 0 Å². The molecule has 1 unspecified atom stereocenters. The molecule has 2 heterocycles. The summed E-state index contributed by atoms with van der Waals surface area (Å²) in [6.45, 7) is 0.182. The van der Waals surface area contributed by atoms with Gasteiger partial charge in [0.05, 0.1) is 18.2 Å². The van der Waals surface area contributed by atoms with E-state index in [9.17, 15) is 30.0 Å². The van der Waals surface area contributed by atoms with E-state index in [2.05, 4.69) is 10.3 Å². The summed E-state index contributed by atoms with van der Waals surface area (Å²) in [5.74, 6) is -0.362. The van der Waals surface area contributed by atoms with Crippen molar-refractivity contribution in [3.05, 3.63) is 22.7 Å². The highest BCUT2D eigenvalue weighted by molar-refractivity contribution is 5.81. The molecule has 1 saturated heterocycles. The molecule has 0 radical (unpaired) electrons. The Kier molecular flexibility index (Phi) is 10.5. The number of ether oxygens (including phenoxy) is 2. The Morgan fingerprint density at radius 1 is 1.13 bits per heavy atom. The van der Waals surface area contributed by atoms with Crippen LogP contribution in [0.3, 0.4) is 0 Å². The lowest BCUT2D eigenvalue weighted by Gasteiger charge is -2.45. The van der Waals surface area contributed by atoms with Crippen molar-refractivity contribution in [2.75, 3.05) is 12.3 Å². The van der Waals surface area contributed by atoms with Gasteiger partial charge < -0.3 is 63.9 Å². The molecule has 11 atom stereocenters. The first kappa shape index (κ1) is 30.3. The SMILES string of the molecule is Nc1ccn(CCCCC(N)C(=O)NC[C@H]2O[C@H](O[C@H]3[C@H](O)[C@@H](O)[C@H](N)C[C@@H]3N)[C@H](N)[C@@H](O)[C@@H]2O)c(=O)n1. The molecule has 1 aliphatic heterocycles. The Bertz CT molecular complexity index is 985. The number of nitrogens with zero attached hydrogens (tertiary/aromatic N) is 2. The Labute approximate surface area is 219 Å². The van der Waals surface area contributed by atoms with Crippen LogP contribution >= 0.6 is 0 Å². The van der Waals surface area contributed by atoms with E-state index in [0.29, 0.717) is 25.8 Å². The van der Waals surface area contributed by atoms with Crippen molar-refractivity contribution < 1.29 is 34.7 Å². The number of anilines is 1. The fourth-order valence-corrected chi connectivity index (χ4v) is 4.59. The number of nitrogens with two attached hydrogens (primary N) is 5. The zero-order valence-electron chi connectivity index (χ0n) is 21.0. The van der Waals surface area contributed by atoms with Crippen LogP contribution in [-0.4, -0.2) is 110 Å². The lowest BCUT2D eigenvalue weighted by Crippen LogP contribution is -2.67. The molecule has 216 valence electrons. The number of aliphatic hydroxyl groups is 4. The van der Waals surface area contributed by atoms with Crippen LogP contribution < -0.4 is 39.7 Å². The third-order valence-electron chi connectivity index (χ3n) is 7.01. The van der Waals surface area contributed by atoms with E-state index < -0.39 is 78.7 Å². The number of nitrogens with one attached hydrogen (secondary N) is 1. The second-order valence-corrected chi connectivity index (χ2v) is 9.92. The van der Waals surface area contributed by atoms with Crippen LogP contribution in [0.4, 0.5) is 5.82 Å². The summed E-state index contributed by atoms with van der Waals surface area (Å²) in [5, 5.41) is 43.9. The van der Waals surface area contributed by atoms with Crippen molar-refractivity contribution in [1.29, 1.82) is 0 Å². The minimum atomic E-state index is -1.47. The van der Waals surface area contributed by atoms with Crippen molar-refractivity contribution in [1.82, 2.24) is 14.9 Å². The first-order valence-electron chi connectivity index (χ1n) is 12.6. The van der Waals surface area contributed by atoms with Crippen LogP contribution in [0.15, 0.2) is 17.1 Å². The van der Waals surface area contributed by atoms with E-state index >= 15 is 0 Å². The number of amides is 1. The van der Waals surface area contributed by atoms with Crippen LogP contribution in [-0.2, 0) is 20.8 Å². The number of rotatable bonds is 10. The van der Waals surface area contributed by atoms with Gasteiger partial charge in [-0.1, -0.05) is 0 Å². The first-order valence-corrected chi connectivity index (χ1v) is 12.6. The normalized spacial score (nSPS) is 36.5. The molecule has 0 spiro atoms. The molecule has 2 aliphatic rings. The molecule has 1 aromatic heterocycles. The number of hydrogen-bond donors (Lipinski definition) is 10. The molecular formula is C22H40N8O8. The average molecular weight is 545 g/mol. The molecule has 1 aliphatic carbocycles. The highest BCUT2D eigenvalue weighted by atomic mass is 16.7. The van der Waals surface area contributed by atoms with Gasteiger partial charge in [-0.25, -0.2) is 4.79 Å². The van der Waals surface area contributed by atoms with E-state index in [1.165, 1.54) is 10.6 Å². The molecule has 3 rings (SSSR count). The molecule has 15 N–H and O–H groups in total. The van der Waals surface area contributed by atoms with Crippen LogP contribution in [0.2, 0.25) is 0 Å². The maximum absolute atomic E-state index is 12.5. The maximum atomic E-state index is 12.5. The number of aliphatic hydroxyl groups excluding tert-OH is 4. The fraction of sp³-hybridized carbons (Fsp3) is 0.773. The number of aromatic nitrogens is 2. The molecule has 16 heteroatoms. The van der Waals surface area contributed by atoms with Crippen molar-refractivity contribution in [3.63, 3.8) is 0 Å². The van der Waals surface area contributed by atoms with Gasteiger partial charge in [0.1, 0.15) is 36.3 Å². The summed E-state index contributed by atoms with van der Waals surface area (Å²) in [6.07, 6.45) is -5.95. The van der Waals surface area contributed by atoms with Crippen molar-refractivity contribution in [2.45, 2.75) is 99.3 Å². The van der Waals surface area contributed by atoms with E-state index in [-0.39, 0.29) is 18.8 Å². The number of unbranched alkanes of at least 4 members (excludes halogenated alkanes) is 1. The van der Waals surface area contributed by atoms with Gasteiger partial charge in [0.15, 0.2) is 6.29 Å². The smallest absolute Gasteiger partial charge is 0.349 e. The number of aryl methyl sites for hydroxylation is 1. The van der Waals surface area contributed by atoms with Gasteiger partial charge in [0.2, 0.25) is 5.91 Å². The number of carbonyl (C=O) groups excluding carboxylic acids is 1. The van der Waals surface area contributed by atoms with Crippen LogP contribution in [0.1, 0.15) is 25.7 Å². The van der Waals surface area contributed by atoms with Crippen LogP contribution in [0, 0.1) is 0 Å². The molecule has 1 saturated carbocycles. The molecule has 0 aromatic carbocycles. The van der Waals surface area contributed by atoms with Gasteiger partial charge in [-0.2, -0.15) is 4.98 Å². The average Bonchev–Trinajstić information content (AvgIpc) is 2.87. The van der Waals surface area contributed by atoms with Crippen molar-refractivity contribution in [3.8, 4) is 0 Å². The van der Waals surface area contributed by atoms with Crippen LogP contribution in [0.25, 0.3) is 0 Å². The summed E-state index contributed by atoms with van der Waals surface area (Å²) >= 11 is 0. The highest BCUT2D eigenvalue weighted by Gasteiger charge is 2.48. The zero-order chi connectivity index (χ0) is 28.1. The minimum Gasteiger partial charge on any atom is -0.389 e. The van der Waals surface area contributed by atoms with E-state index in [0.717, 1.165) is 0 Å². The van der Waals surface area contributed by atoms with Crippen molar-refractivity contribution >= 4 is 11.7 Å². The fourth-order valence-electron chi connectivity index (χ4n) is 4.59. The third-order valence-corrected chi connectivity index (χ3v) is 7.01. The molecular weight excluding hydrogens is 504 g/mol. The van der Waals surface area contributed by atoms with Gasteiger partial charge in [-0.05, 0) is 31.7 Å². The molecule has 1 amide bonds. The van der Waals surface area contributed by atoms with Gasteiger partial charge in [0, 0.05) is 31.4 Å². The summed E-state index contributed by atoms with van der Waals surface area (Å²) in [4.78, 5) is 27.9. The minimum absolute atomic E-state index is 0.142. The highest BCUT2D eigenvalue weighted by Crippen LogP contribution is 2.27. The van der Waals surface area contributed by atoms with E-state index in [1.54, 1.807) is 6.20 Å². The van der Waals surface area contributed by atoms with Gasteiger partial charge >= 0.3 is 5.69 Å². The summed E-state index contributed by atoms with van der Waals surface area (Å²) in [7, 11) is 0. The standard InChI is InChI=1S/C22H40N8O8/c23-9(3-1-2-5-30-6-4-13(26)29-22(30)36)20(35)28-8-12-16(32)17(33)14(27)21(37-12)38-19-11(25)7-10(24)15(31)18(19)34/h4,6,9-12,14-19,21,31-34H,1-3,5,7-8,23-25,27H2,(H,28,35)(H2,26,29,36)/t9?,10-,11+,12-,14-,15+,16-,17-,18-,19-,21-/m1/s1. The molecule has 0 bridgehead atoms. The Balaban J connectivity index is 1.48. The molecule has 38 heavy (non-hydrogen) atoms. The van der Waals surface area contributed by atoms with Crippen molar-refractivity contribution in [2.24, 2.45) is 22.9 Å².